The summed E-state index contributed by atoms with van der Waals surface area (Å²) in [4.78, 5) is 10.8. The Morgan fingerprint density at radius 3 is 2.49 bits per heavy atom. The van der Waals surface area contributed by atoms with Gasteiger partial charge in [-0.05, 0) is 135 Å². The molecule has 6 aliphatic carbocycles. The van der Waals surface area contributed by atoms with Crippen LogP contribution in [0.15, 0.2) is 134 Å². The van der Waals surface area contributed by atoms with Gasteiger partial charge in [-0.15, -0.1) is 0 Å². The Balaban J connectivity index is 1.10. The van der Waals surface area contributed by atoms with Crippen molar-refractivity contribution in [1.82, 2.24) is 15.1 Å². The number of nitriles is 2. The van der Waals surface area contributed by atoms with Crippen molar-refractivity contribution >= 4 is 6.21 Å². The second-order valence-corrected chi connectivity index (χ2v) is 17.5. The van der Waals surface area contributed by atoms with Gasteiger partial charge in [-0.2, -0.15) is 10.5 Å². The molecule has 9 unspecified atom stereocenters. The number of nitrogens with zero attached hydrogens (tertiary/aromatic N) is 5. The quantitative estimate of drug-likeness (QED) is 0.286. The van der Waals surface area contributed by atoms with Crippen LogP contribution >= 0.6 is 0 Å². The van der Waals surface area contributed by atoms with Crippen LogP contribution in [0.1, 0.15) is 96.8 Å². The van der Waals surface area contributed by atoms with E-state index < -0.39 is 0 Å². The Kier molecular flexibility index (Phi) is 9.15. The lowest BCUT2D eigenvalue weighted by molar-refractivity contribution is 0.0922. The predicted octanol–water partition coefficient (Wildman–Crippen LogP) is 10.1. The minimum absolute atomic E-state index is 0.0361. The highest BCUT2D eigenvalue weighted by molar-refractivity contribution is 5.60. The van der Waals surface area contributed by atoms with Crippen molar-refractivity contribution in [1.29, 1.82) is 10.5 Å². The molecule has 0 bridgehead atoms. The highest BCUT2D eigenvalue weighted by atomic mass is 15.4. The Labute approximate surface area is 327 Å². The van der Waals surface area contributed by atoms with E-state index in [2.05, 4.69) is 107 Å². The zero-order chi connectivity index (χ0) is 37.0. The van der Waals surface area contributed by atoms with Crippen LogP contribution in [0.5, 0.6) is 0 Å². The summed E-state index contributed by atoms with van der Waals surface area (Å²) in [6.45, 7) is 2.37. The molecule has 4 aliphatic heterocycles. The van der Waals surface area contributed by atoms with Gasteiger partial charge in [0.2, 0.25) is 0 Å². The summed E-state index contributed by atoms with van der Waals surface area (Å²) in [5.74, 6) is 2.08. The van der Waals surface area contributed by atoms with Gasteiger partial charge in [0, 0.05) is 58.8 Å². The molecule has 0 saturated carbocycles. The highest BCUT2D eigenvalue weighted by Crippen LogP contribution is 2.51. The van der Waals surface area contributed by atoms with E-state index in [0.717, 1.165) is 88.2 Å². The van der Waals surface area contributed by atoms with Crippen molar-refractivity contribution in [2.45, 2.75) is 121 Å². The van der Waals surface area contributed by atoms with Crippen LogP contribution < -0.4 is 5.32 Å². The molecule has 0 aromatic carbocycles. The van der Waals surface area contributed by atoms with E-state index in [9.17, 15) is 10.5 Å². The molecule has 55 heavy (non-hydrogen) atoms. The zero-order valence-electron chi connectivity index (χ0n) is 32.3. The largest absolute Gasteiger partial charge is 0.348 e. The molecular weight excluding hydrogens is 673 g/mol. The Bertz CT molecular complexity index is 2110. The summed E-state index contributed by atoms with van der Waals surface area (Å²) in [5, 5.41) is 24.2. The van der Waals surface area contributed by atoms with Gasteiger partial charge in [0.15, 0.2) is 0 Å². The summed E-state index contributed by atoms with van der Waals surface area (Å²) in [6.07, 6.45) is 45.7. The molecule has 10 rings (SSSR count). The number of allylic oxidation sites excluding steroid dienone is 17. The van der Waals surface area contributed by atoms with Crippen LogP contribution in [0.4, 0.5) is 0 Å². The molecule has 0 radical (unpaired) electrons. The Hall–Kier alpha value is -4.65. The lowest BCUT2D eigenvalue weighted by Gasteiger charge is -2.47. The van der Waals surface area contributed by atoms with Gasteiger partial charge in [0.25, 0.3) is 0 Å². The first-order valence-electron chi connectivity index (χ1n) is 21.4. The van der Waals surface area contributed by atoms with Crippen molar-refractivity contribution in [3.8, 4) is 12.1 Å². The minimum atomic E-state index is 0.0361. The van der Waals surface area contributed by atoms with Crippen LogP contribution in [-0.4, -0.2) is 40.6 Å². The van der Waals surface area contributed by atoms with E-state index in [1.807, 2.05) is 6.08 Å². The number of hydrogen-bond acceptors (Lipinski definition) is 6. The summed E-state index contributed by atoms with van der Waals surface area (Å²) in [7, 11) is 0. The smallest absolute Gasteiger partial charge is 0.128 e. The summed E-state index contributed by atoms with van der Waals surface area (Å²) >= 11 is 0. The third kappa shape index (κ3) is 6.04. The van der Waals surface area contributed by atoms with Gasteiger partial charge in [-0.25, -0.2) is 0 Å². The third-order valence-corrected chi connectivity index (χ3v) is 14.4. The fraction of sp³-hybridized carbons (Fsp3) is 0.490. The molecule has 0 amide bonds. The van der Waals surface area contributed by atoms with Crippen LogP contribution in [0.2, 0.25) is 0 Å². The molecule has 10 aliphatic rings. The van der Waals surface area contributed by atoms with E-state index in [4.69, 9.17) is 4.99 Å². The maximum Gasteiger partial charge on any atom is 0.128 e. The SMILES string of the molecule is CC1C=C(C2C=CC=C(C#N)C2)C(C2=C(C3=CC(N4C5=C(C=C(C#N)CC5)C5CCC=CC54)NC(N4C5=C(C=CCC5)C5CCC=NC54)C3)CCC=C2)CC1. The standard InChI is InChI=1S/C49H54N6/c1-31-19-21-38(42(24-31)34-11-8-10-32(25-34)29-50)37-13-3-2-12-36(37)35-27-47(54-44-17-6-5-15-40(44)43-26-33(30-51)20-22-46(43)54)53-48(28-35)55-45-18-7-4-14-39(45)41-16-9-23-52-49(41)55/h3-4,6,8,10-11,13-14,17,23-24,26-27,31,34,38,40-41,44,47-49,53H,2,5,7,9,12,15-16,18-22,25,28H2,1H3. The normalized spacial score (nSPS) is 36.4. The van der Waals surface area contributed by atoms with E-state index >= 15 is 0 Å². The van der Waals surface area contributed by atoms with Crippen molar-refractivity contribution in [2.75, 3.05) is 0 Å². The van der Waals surface area contributed by atoms with E-state index in [1.54, 1.807) is 5.57 Å². The first-order valence-corrected chi connectivity index (χ1v) is 21.4. The first kappa shape index (κ1) is 34.8. The summed E-state index contributed by atoms with van der Waals surface area (Å²) < 4.78 is 0. The minimum Gasteiger partial charge on any atom is -0.348 e. The van der Waals surface area contributed by atoms with Crippen molar-refractivity contribution in [3.63, 3.8) is 0 Å². The van der Waals surface area contributed by atoms with E-state index in [0.29, 0.717) is 29.7 Å². The number of rotatable bonds is 5. The lowest BCUT2D eigenvalue weighted by Crippen LogP contribution is -2.59. The first-order chi connectivity index (χ1) is 27.1. The Morgan fingerprint density at radius 1 is 0.764 bits per heavy atom. The maximum absolute atomic E-state index is 9.97. The molecule has 9 atom stereocenters. The van der Waals surface area contributed by atoms with Crippen LogP contribution in [-0.2, 0) is 0 Å². The molecule has 0 fully saturated rings. The molecule has 280 valence electrons. The fourth-order valence-electron chi connectivity index (χ4n) is 12.0. The van der Waals surface area contributed by atoms with Gasteiger partial charge in [0.05, 0.1) is 24.3 Å². The number of nitrogens with one attached hydrogen (secondary N) is 1. The Morgan fingerprint density at radius 2 is 1.60 bits per heavy atom. The second-order valence-electron chi connectivity index (χ2n) is 17.5. The number of fused-ring (bicyclic) bond motifs is 4. The second kappa shape index (κ2) is 14.5. The van der Waals surface area contributed by atoms with Gasteiger partial charge >= 0.3 is 0 Å². The lowest BCUT2D eigenvalue weighted by atomic mass is 9.69. The average Bonchev–Trinajstić information content (AvgIpc) is 3.76. The molecule has 6 heteroatoms. The van der Waals surface area contributed by atoms with E-state index in [1.165, 1.54) is 52.1 Å². The fourth-order valence-corrected chi connectivity index (χ4v) is 12.0. The van der Waals surface area contributed by atoms with Crippen molar-refractivity contribution in [3.05, 3.63) is 129 Å². The van der Waals surface area contributed by atoms with Crippen molar-refractivity contribution in [2.24, 2.45) is 34.6 Å². The summed E-state index contributed by atoms with van der Waals surface area (Å²) in [5.41, 5.74) is 13.8. The van der Waals surface area contributed by atoms with Gasteiger partial charge in [-0.3, -0.25) is 10.3 Å². The maximum atomic E-state index is 9.97. The topological polar surface area (TPSA) is 78.5 Å². The van der Waals surface area contributed by atoms with E-state index in [-0.39, 0.29) is 24.4 Å². The van der Waals surface area contributed by atoms with Crippen LogP contribution in [0, 0.1) is 52.3 Å². The van der Waals surface area contributed by atoms with Crippen molar-refractivity contribution < 1.29 is 0 Å². The number of aliphatic imine (C=N–C) groups is 1. The molecule has 4 heterocycles. The molecule has 0 aromatic rings. The number of hydrogen-bond donors (Lipinski definition) is 1. The third-order valence-electron chi connectivity index (χ3n) is 14.4. The molecule has 6 nitrogen and oxygen atoms in total. The predicted molar refractivity (Wildman–Crippen MR) is 219 cm³/mol. The molecule has 0 spiro atoms. The molecule has 1 N–H and O–H groups in total. The summed E-state index contributed by atoms with van der Waals surface area (Å²) in [6, 6.07) is 5.28. The molecule has 0 saturated heterocycles. The van der Waals surface area contributed by atoms with Crippen LogP contribution in [0.25, 0.3) is 0 Å². The van der Waals surface area contributed by atoms with Gasteiger partial charge in [0.1, 0.15) is 12.3 Å². The zero-order valence-corrected chi connectivity index (χ0v) is 32.3. The average molecular weight is 727 g/mol. The highest BCUT2D eigenvalue weighted by Gasteiger charge is 2.48. The molecular formula is C49H54N6. The molecule has 0 aromatic heterocycles. The van der Waals surface area contributed by atoms with Gasteiger partial charge in [-0.1, -0.05) is 67.2 Å². The van der Waals surface area contributed by atoms with Gasteiger partial charge < -0.3 is 9.80 Å². The van der Waals surface area contributed by atoms with Crippen LogP contribution in [0.3, 0.4) is 0 Å². The monoisotopic (exact) mass is 726 g/mol.